The molecule has 0 bridgehead atoms. The summed E-state index contributed by atoms with van der Waals surface area (Å²) in [5.41, 5.74) is 5.97. The van der Waals surface area contributed by atoms with Gasteiger partial charge in [-0.25, -0.2) is 5.43 Å². The van der Waals surface area contributed by atoms with Crippen LogP contribution >= 0.6 is 0 Å². The van der Waals surface area contributed by atoms with Crippen molar-refractivity contribution in [2.45, 2.75) is 6.92 Å². The number of nitrogens with one attached hydrogen (secondary N) is 2. The van der Waals surface area contributed by atoms with Gasteiger partial charge in [-0.2, -0.15) is 10.2 Å². The number of hydrogen-bond acceptors (Lipinski definition) is 4. The Hall–Kier alpha value is -3.41. The number of amides is 1. The van der Waals surface area contributed by atoms with E-state index in [4.69, 9.17) is 4.74 Å². The van der Waals surface area contributed by atoms with E-state index in [-0.39, 0.29) is 5.91 Å². The number of nitrogens with zero attached hydrogens (tertiary/aromatic N) is 2. The minimum atomic E-state index is -0.357. The van der Waals surface area contributed by atoms with Crippen molar-refractivity contribution in [1.82, 2.24) is 15.6 Å². The van der Waals surface area contributed by atoms with E-state index in [0.29, 0.717) is 17.1 Å². The number of carbonyl (C=O) groups is 1. The number of carbonyl (C=O) groups excluding carboxylic acids is 1. The third kappa shape index (κ3) is 3.74. The Morgan fingerprint density at radius 1 is 1.12 bits per heavy atom. The SMILES string of the molecule is COc1ccccc1-c1cc(C(=O)N/N=C(/C)c2ccccc2)[nH]n1. The van der Waals surface area contributed by atoms with Crippen molar-refractivity contribution >= 4 is 11.6 Å². The second-order valence-corrected chi connectivity index (χ2v) is 5.37. The molecule has 1 amide bonds. The van der Waals surface area contributed by atoms with Gasteiger partial charge in [0.1, 0.15) is 11.4 Å². The average Bonchev–Trinajstić information content (AvgIpc) is 3.16. The fraction of sp³-hybridized carbons (Fsp3) is 0.105. The van der Waals surface area contributed by atoms with Crippen LogP contribution in [-0.4, -0.2) is 28.9 Å². The van der Waals surface area contributed by atoms with E-state index in [0.717, 1.165) is 16.8 Å². The second-order valence-electron chi connectivity index (χ2n) is 5.37. The lowest BCUT2D eigenvalue weighted by Crippen LogP contribution is -2.19. The summed E-state index contributed by atoms with van der Waals surface area (Å²) in [6, 6.07) is 18.8. The van der Waals surface area contributed by atoms with Crippen LogP contribution in [0.1, 0.15) is 23.0 Å². The van der Waals surface area contributed by atoms with Gasteiger partial charge in [-0.3, -0.25) is 9.89 Å². The van der Waals surface area contributed by atoms with E-state index in [1.165, 1.54) is 0 Å². The van der Waals surface area contributed by atoms with Gasteiger partial charge >= 0.3 is 0 Å². The highest BCUT2D eigenvalue weighted by molar-refractivity contribution is 6.00. The fourth-order valence-electron chi connectivity index (χ4n) is 2.37. The molecule has 3 aromatic rings. The van der Waals surface area contributed by atoms with Crippen LogP contribution < -0.4 is 10.2 Å². The van der Waals surface area contributed by atoms with Crippen molar-refractivity contribution in [2.24, 2.45) is 5.10 Å². The highest BCUT2D eigenvalue weighted by Gasteiger charge is 2.13. The van der Waals surface area contributed by atoms with Crippen LogP contribution in [0.4, 0.5) is 0 Å². The zero-order chi connectivity index (χ0) is 17.6. The van der Waals surface area contributed by atoms with Crippen molar-refractivity contribution in [3.63, 3.8) is 0 Å². The number of aromatic amines is 1. The minimum Gasteiger partial charge on any atom is -0.496 e. The summed E-state index contributed by atoms with van der Waals surface area (Å²) in [5, 5.41) is 11.1. The van der Waals surface area contributed by atoms with Gasteiger partial charge in [0, 0.05) is 5.56 Å². The van der Waals surface area contributed by atoms with Crippen molar-refractivity contribution in [3.8, 4) is 17.0 Å². The Labute approximate surface area is 145 Å². The van der Waals surface area contributed by atoms with E-state index in [9.17, 15) is 4.79 Å². The van der Waals surface area contributed by atoms with Crippen LogP contribution in [0.25, 0.3) is 11.3 Å². The molecule has 0 atom stereocenters. The summed E-state index contributed by atoms with van der Waals surface area (Å²) in [6.07, 6.45) is 0. The normalized spacial score (nSPS) is 11.2. The predicted octanol–water partition coefficient (Wildman–Crippen LogP) is 3.24. The molecular weight excluding hydrogens is 316 g/mol. The molecule has 1 aromatic heterocycles. The van der Waals surface area contributed by atoms with Gasteiger partial charge in [0.05, 0.1) is 18.5 Å². The molecule has 2 aromatic carbocycles. The monoisotopic (exact) mass is 334 g/mol. The van der Waals surface area contributed by atoms with Crippen LogP contribution in [-0.2, 0) is 0 Å². The van der Waals surface area contributed by atoms with Crippen molar-refractivity contribution in [3.05, 3.63) is 71.9 Å². The second kappa shape index (κ2) is 7.44. The first-order valence-corrected chi connectivity index (χ1v) is 7.78. The van der Waals surface area contributed by atoms with Crippen LogP contribution in [0.2, 0.25) is 0 Å². The molecule has 0 saturated heterocycles. The van der Waals surface area contributed by atoms with Crippen molar-refractivity contribution in [1.29, 1.82) is 0 Å². The molecule has 1 heterocycles. The minimum absolute atomic E-state index is 0.325. The van der Waals surface area contributed by atoms with Crippen molar-refractivity contribution in [2.75, 3.05) is 7.11 Å². The number of para-hydroxylation sites is 1. The van der Waals surface area contributed by atoms with E-state index < -0.39 is 0 Å². The number of methoxy groups -OCH3 is 1. The highest BCUT2D eigenvalue weighted by atomic mass is 16.5. The average molecular weight is 334 g/mol. The van der Waals surface area contributed by atoms with Crippen LogP contribution in [0.3, 0.4) is 0 Å². The number of ether oxygens (including phenoxy) is 1. The van der Waals surface area contributed by atoms with Gasteiger partial charge in [0.15, 0.2) is 0 Å². The first-order valence-electron chi connectivity index (χ1n) is 7.78. The maximum Gasteiger partial charge on any atom is 0.289 e. The van der Waals surface area contributed by atoms with Gasteiger partial charge in [-0.05, 0) is 30.7 Å². The fourth-order valence-corrected chi connectivity index (χ4v) is 2.37. The molecule has 0 unspecified atom stereocenters. The summed E-state index contributed by atoms with van der Waals surface area (Å²) < 4.78 is 5.32. The lowest BCUT2D eigenvalue weighted by Gasteiger charge is -2.04. The van der Waals surface area contributed by atoms with Crippen LogP contribution in [0.15, 0.2) is 65.8 Å². The molecule has 0 spiro atoms. The predicted molar refractivity (Wildman–Crippen MR) is 96.7 cm³/mol. The Morgan fingerprint density at radius 3 is 2.60 bits per heavy atom. The number of hydrogen-bond donors (Lipinski definition) is 2. The number of aromatic nitrogens is 2. The topological polar surface area (TPSA) is 79.4 Å². The van der Waals surface area contributed by atoms with E-state index in [1.54, 1.807) is 13.2 Å². The summed E-state index contributed by atoms with van der Waals surface area (Å²) in [6.45, 7) is 1.84. The van der Waals surface area contributed by atoms with E-state index >= 15 is 0 Å². The molecule has 25 heavy (non-hydrogen) atoms. The lowest BCUT2D eigenvalue weighted by molar-refractivity contribution is 0.0950. The molecule has 6 heteroatoms. The molecule has 2 N–H and O–H groups in total. The van der Waals surface area contributed by atoms with Gasteiger partial charge in [-0.15, -0.1) is 0 Å². The molecule has 0 aliphatic carbocycles. The third-order valence-electron chi connectivity index (χ3n) is 3.72. The number of rotatable bonds is 5. The summed E-state index contributed by atoms with van der Waals surface area (Å²) in [4.78, 5) is 12.3. The molecule has 126 valence electrons. The molecule has 0 fully saturated rings. The molecule has 0 aliphatic rings. The Kier molecular flexibility index (Phi) is 4.89. The van der Waals surface area contributed by atoms with Crippen molar-refractivity contribution < 1.29 is 9.53 Å². The molecular formula is C19H18N4O2. The summed E-state index contributed by atoms with van der Waals surface area (Å²) >= 11 is 0. The number of hydrazone groups is 1. The van der Waals surface area contributed by atoms with Crippen LogP contribution in [0, 0.1) is 0 Å². The largest absolute Gasteiger partial charge is 0.496 e. The Bertz CT molecular complexity index is 901. The highest BCUT2D eigenvalue weighted by Crippen LogP contribution is 2.28. The number of benzene rings is 2. The molecule has 0 aliphatic heterocycles. The molecule has 3 rings (SSSR count). The molecule has 6 nitrogen and oxygen atoms in total. The number of H-pyrrole nitrogens is 1. The lowest BCUT2D eigenvalue weighted by atomic mass is 10.1. The Balaban J connectivity index is 1.75. The summed E-state index contributed by atoms with van der Waals surface area (Å²) in [7, 11) is 1.60. The molecule has 0 saturated carbocycles. The smallest absolute Gasteiger partial charge is 0.289 e. The quantitative estimate of drug-likeness (QED) is 0.555. The van der Waals surface area contributed by atoms with Crippen LogP contribution in [0.5, 0.6) is 5.75 Å². The Morgan fingerprint density at radius 2 is 1.84 bits per heavy atom. The standard InChI is InChI=1S/C19H18N4O2/c1-13(14-8-4-3-5-9-14)20-23-19(24)17-12-16(21-22-17)15-10-6-7-11-18(15)25-2/h3-12H,1-2H3,(H,21,22)(H,23,24)/b20-13-. The van der Waals surface area contributed by atoms with Gasteiger partial charge < -0.3 is 4.74 Å². The van der Waals surface area contributed by atoms with Gasteiger partial charge in [0.25, 0.3) is 5.91 Å². The molecule has 0 radical (unpaired) electrons. The van der Waals surface area contributed by atoms with E-state index in [1.807, 2.05) is 61.5 Å². The third-order valence-corrected chi connectivity index (χ3v) is 3.72. The summed E-state index contributed by atoms with van der Waals surface area (Å²) in [5.74, 6) is 0.336. The zero-order valence-electron chi connectivity index (χ0n) is 14.0. The van der Waals surface area contributed by atoms with Gasteiger partial charge in [0.2, 0.25) is 0 Å². The maximum absolute atomic E-state index is 12.3. The zero-order valence-corrected chi connectivity index (χ0v) is 14.0. The van der Waals surface area contributed by atoms with Gasteiger partial charge in [-0.1, -0.05) is 42.5 Å². The van der Waals surface area contributed by atoms with E-state index in [2.05, 4.69) is 20.7 Å². The first kappa shape index (κ1) is 16.4. The maximum atomic E-state index is 12.3. The first-order chi connectivity index (χ1) is 12.2.